The number of halogens is 1. The first-order valence-corrected chi connectivity index (χ1v) is 19.6. The van der Waals surface area contributed by atoms with Gasteiger partial charge in [0.15, 0.2) is 17.3 Å². The summed E-state index contributed by atoms with van der Waals surface area (Å²) in [6, 6.07) is 10.4. The minimum absolute atomic E-state index is 0.00163. The van der Waals surface area contributed by atoms with Crippen LogP contribution in [-0.4, -0.2) is 97.4 Å². The minimum Gasteiger partial charge on any atom is -0.463 e. The molecule has 17 nitrogen and oxygen atoms in total. The van der Waals surface area contributed by atoms with Crippen molar-refractivity contribution in [3.63, 3.8) is 0 Å². The van der Waals surface area contributed by atoms with Gasteiger partial charge in [-0.05, 0) is 47.8 Å². The van der Waals surface area contributed by atoms with Crippen LogP contribution in [0, 0.1) is 11.8 Å². The Bertz CT molecular complexity index is 1670. The van der Waals surface area contributed by atoms with Crippen LogP contribution in [0.5, 0.6) is 17.2 Å². The van der Waals surface area contributed by atoms with Gasteiger partial charge in [0.1, 0.15) is 24.6 Å². The molecule has 1 aliphatic heterocycles. The maximum absolute atomic E-state index is 13.2. The molecule has 0 aromatic heterocycles. The lowest BCUT2D eigenvalue weighted by Crippen LogP contribution is -2.54. The van der Waals surface area contributed by atoms with Crippen molar-refractivity contribution in [3.05, 3.63) is 64.0 Å². The molecule has 1 aliphatic rings. The normalized spacial score (nSPS) is 19.6. The van der Waals surface area contributed by atoms with Gasteiger partial charge >= 0.3 is 22.3 Å². The van der Waals surface area contributed by atoms with Crippen molar-refractivity contribution in [1.29, 1.82) is 0 Å². The topological polar surface area (TPSA) is 217 Å². The summed E-state index contributed by atoms with van der Waals surface area (Å²) in [6.07, 6.45) is -2.26. The van der Waals surface area contributed by atoms with Gasteiger partial charge in [-0.1, -0.05) is 47.0 Å². The first-order valence-electron chi connectivity index (χ1n) is 17.2. The number of carbonyl (C=O) groups is 3. The van der Waals surface area contributed by atoms with Crippen LogP contribution in [0.2, 0.25) is 0 Å². The van der Waals surface area contributed by atoms with Crippen molar-refractivity contribution in [3.8, 4) is 17.2 Å². The number of alkyl halides is 1. The van der Waals surface area contributed by atoms with Gasteiger partial charge in [-0.15, -0.1) is 8.42 Å². The van der Waals surface area contributed by atoms with E-state index in [1.165, 1.54) is 44.2 Å². The maximum Gasteiger partial charge on any atom is 0.501 e. The SMILES string of the molecule is CC(=O)OC[C@H]1OC(Oc2ccc(C(=O)CCCOCCOCCOCCN=[N+]=[N-])cc2OS(=O)(=O)Oc2ccc(CBr)cc2)[C@H](C)[C@@H](C)[C@H]1OC(C)=O. The molecule has 1 saturated heterocycles. The number of nitrogens with zero attached hydrogens (tertiary/aromatic N) is 3. The lowest BCUT2D eigenvalue weighted by molar-refractivity contribution is -0.248. The first kappa shape index (κ1) is 44.4. The van der Waals surface area contributed by atoms with E-state index in [0.717, 1.165) is 5.56 Å². The highest BCUT2D eigenvalue weighted by Gasteiger charge is 2.45. The molecule has 2 aromatic carbocycles. The van der Waals surface area contributed by atoms with Crippen molar-refractivity contribution < 1.29 is 64.3 Å². The molecule has 5 atom stereocenters. The predicted molar refractivity (Wildman–Crippen MR) is 196 cm³/mol. The zero-order chi connectivity index (χ0) is 39.5. The molecule has 0 bridgehead atoms. The minimum atomic E-state index is -4.75. The summed E-state index contributed by atoms with van der Waals surface area (Å²) < 4.78 is 76.0. The van der Waals surface area contributed by atoms with Gasteiger partial charge in [-0.3, -0.25) is 14.4 Å². The molecule has 3 rings (SSSR count). The molecule has 0 N–H and O–H groups in total. The third kappa shape index (κ3) is 15.4. The van der Waals surface area contributed by atoms with Gasteiger partial charge in [0.05, 0.1) is 33.0 Å². The van der Waals surface area contributed by atoms with E-state index in [9.17, 15) is 22.8 Å². The molecule has 0 saturated carbocycles. The van der Waals surface area contributed by atoms with Crippen LogP contribution in [0.3, 0.4) is 0 Å². The van der Waals surface area contributed by atoms with E-state index in [1.807, 2.05) is 6.92 Å². The fraction of sp³-hybridized carbons (Fsp3) is 0.571. The second-order valence-corrected chi connectivity index (χ2v) is 13.8. The smallest absolute Gasteiger partial charge is 0.463 e. The van der Waals surface area contributed by atoms with Crippen LogP contribution >= 0.6 is 15.9 Å². The van der Waals surface area contributed by atoms with Gasteiger partial charge in [-0.25, -0.2) is 0 Å². The molecular formula is C35H46BrN3O14S. The molecule has 1 fully saturated rings. The van der Waals surface area contributed by atoms with Crippen LogP contribution in [-0.2, 0) is 53.7 Å². The van der Waals surface area contributed by atoms with Crippen molar-refractivity contribution in [2.75, 3.05) is 52.8 Å². The number of hydrogen-bond donors (Lipinski definition) is 0. The zero-order valence-corrected chi connectivity index (χ0v) is 33.0. The van der Waals surface area contributed by atoms with E-state index in [0.29, 0.717) is 44.8 Å². The first-order chi connectivity index (χ1) is 25.8. The summed E-state index contributed by atoms with van der Waals surface area (Å²) in [5.41, 5.74) is 9.27. The highest BCUT2D eigenvalue weighted by molar-refractivity contribution is 9.08. The Balaban J connectivity index is 1.71. The fourth-order valence-corrected chi connectivity index (χ4v) is 6.23. The molecule has 1 unspecified atom stereocenters. The summed E-state index contributed by atoms with van der Waals surface area (Å²) in [7, 11) is -4.75. The van der Waals surface area contributed by atoms with E-state index >= 15 is 0 Å². The van der Waals surface area contributed by atoms with E-state index < -0.39 is 46.8 Å². The Morgan fingerprint density at radius 3 is 2.17 bits per heavy atom. The molecule has 2 aromatic rings. The monoisotopic (exact) mass is 843 g/mol. The average Bonchev–Trinajstić information content (AvgIpc) is 3.13. The van der Waals surface area contributed by atoms with E-state index in [4.69, 9.17) is 47.1 Å². The summed E-state index contributed by atoms with van der Waals surface area (Å²) in [5, 5.41) is 3.92. The Morgan fingerprint density at radius 1 is 0.870 bits per heavy atom. The summed E-state index contributed by atoms with van der Waals surface area (Å²) in [6.45, 7) is 8.03. The Labute approximate surface area is 322 Å². The molecule has 54 heavy (non-hydrogen) atoms. The van der Waals surface area contributed by atoms with Crippen LogP contribution in [0.25, 0.3) is 10.4 Å². The van der Waals surface area contributed by atoms with E-state index in [1.54, 1.807) is 19.1 Å². The zero-order valence-electron chi connectivity index (χ0n) is 30.5. The number of Topliss-reactive ketones (excluding diaryl/α,β-unsaturated/α-hetero) is 1. The summed E-state index contributed by atoms with van der Waals surface area (Å²) in [4.78, 5) is 39.3. The van der Waals surface area contributed by atoms with Crippen LogP contribution in [0.15, 0.2) is 47.6 Å². The lowest BCUT2D eigenvalue weighted by atomic mass is 9.84. The summed E-state index contributed by atoms with van der Waals surface area (Å²) >= 11 is 3.33. The Hall–Kier alpha value is -3.97. The summed E-state index contributed by atoms with van der Waals surface area (Å²) in [5.74, 6) is -2.62. The third-order valence-electron chi connectivity index (χ3n) is 8.02. The molecule has 0 radical (unpaired) electrons. The molecule has 298 valence electrons. The predicted octanol–water partition coefficient (Wildman–Crippen LogP) is 5.48. The van der Waals surface area contributed by atoms with Gasteiger partial charge in [-0.2, -0.15) is 0 Å². The van der Waals surface area contributed by atoms with Gasteiger partial charge in [0.2, 0.25) is 6.29 Å². The number of esters is 2. The molecule has 0 aliphatic carbocycles. The van der Waals surface area contributed by atoms with Crippen molar-refractivity contribution >= 4 is 44.1 Å². The van der Waals surface area contributed by atoms with Gasteiger partial charge in [0.25, 0.3) is 0 Å². The van der Waals surface area contributed by atoms with Crippen molar-refractivity contribution in [2.24, 2.45) is 17.0 Å². The highest BCUT2D eigenvalue weighted by Crippen LogP contribution is 2.38. The third-order valence-corrected chi connectivity index (χ3v) is 9.44. The molecule has 19 heteroatoms. The second kappa shape index (κ2) is 23.1. The standard InChI is InChI=1S/C35H46BrN3O14S/c1-23-24(2)35(51-33(22-48-25(3)40)34(23)49-26(4)41)50-31-12-9-28(20-32(31)53-54(43,44)52-29-10-7-27(21-36)8-11-29)30(42)6-5-14-45-16-18-47-19-17-46-15-13-38-39-37/h7-12,20,23-24,33-35H,5-6,13-19,21-22H2,1-4H3/t23-,24-,33-,34-,35?/m1/s1. The number of ketones is 1. The van der Waals surface area contributed by atoms with Crippen LogP contribution in [0.1, 0.15) is 56.5 Å². The Morgan fingerprint density at radius 2 is 1.54 bits per heavy atom. The Kier molecular flexibility index (Phi) is 19.0. The highest BCUT2D eigenvalue weighted by atomic mass is 79.9. The second-order valence-electron chi connectivity index (χ2n) is 12.1. The quantitative estimate of drug-likeness (QED) is 0.0243. The van der Waals surface area contributed by atoms with E-state index in [-0.39, 0.29) is 60.7 Å². The van der Waals surface area contributed by atoms with E-state index in [2.05, 4.69) is 26.0 Å². The fourth-order valence-electron chi connectivity index (χ4n) is 5.12. The molecule has 0 spiro atoms. The number of hydrogen-bond acceptors (Lipinski definition) is 15. The number of benzene rings is 2. The number of azide groups is 1. The number of carbonyl (C=O) groups excluding carboxylic acids is 3. The number of rotatable bonds is 24. The molecule has 1 heterocycles. The van der Waals surface area contributed by atoms with Crippen molar-refractivity contribution in [1.82, 2.24) is 0 Å². The van der Waals surface area contributed by atoms with Crippen LogP contribution in [0.4, 0.5) is 0 Å². The number of ether oxygens (including phenoxy) is 7. The largest absolute Gasteiger partial charge is 0.501 e. The van der Waals surface area contributed by atoms with Crippen molar-refractivity contribution in [2.45, 2.75) is 64.4 Å². The van der Waals surface area contributed by atoms with Gasteiger partial charge in [0, 0.05) is 61.1 Å². The van der Waals surface area contributed by atoms with Crippen LogP contribution < -0.4 is 13.1 Å². The van der Waals surface area contributed by atoms with Gasteiger partial charge < -0.3 is 41.5 Å². The molecule has 0 amide bonds. The molecular weight excluding hydrogens is 798 g/mol. The maximum atomic E-state index is 13.2. The average molecular weight is 845 g/mol. The lowest BCUT2D eigenvalue weighted by Gasteiger charge is -2.43.